The van der Waals surface area contributed by atoms with Crippen LogP contribution in [0.25, 0.3) is 22.3 Å². The molecular weight excluding hydrogens is 750 g/mol. The number of rotatable bonds is 13. The molecule has 4 aromatic rings. The van der Waals surface area contributed by atoms with Crippen molar-refractivity contribution < 1.29 is 53.9 Å². The standard InChI is InChI=1S/C36H41N9O12/c1-41(35(51)43-12-10-23-27(38-19-39-32(23)43)22-16-40-44(17-22)24(9-11-37)21-5-3-4-6-21)13-14-42(2)36(52)55-18-20-7-8-26(25(15-20)45(53)54)56-34-30(48)28(46)29(47)31(57-34)33(49)50/h7-8,10,12,15-17,19,21,24,28-31,34,46-48H,3-6,9,13-14,18H2,1-2H3,(H,49,50)/t24-,28+,29+,30-,31+,34-/m1/s1. The molecule has 4 heterocycles. The molecule has 6 rings (SSSR count). The van der Waals surface area contributed by atoms with E-state index in [0.717, 1.165) is 43.4 Å². The second-order valence-corrected chi connectivity index (χ2v) is 13.9. The van der Waals surface area contributed by atoms with Gasteiger partial charge in [-0.3, -0.25) is 19.4 Å². The number of nitro benzene ring substituents is 1. The van der Waals surface area contributed by atoms with Gasteiger partial charge in [0.25, 0.3) is 0 Å². The van der Waals surface area contributed by atoms with Crippen LogP contribution in [0.3, 0.4) is 0 Å². The SMILES string of the molecule is CN(CCN(C)C(=O)n1ccc2c(-c3cnn([C@H](CC#N)C4CCCC4)c3)ncnc21)C(=O)OCc1ccc(O[C@@H]2O[C@H](C(=O)O)[C@@H](O)[C@H](O)[C@H]2O)c([N+](=O)[O-])c1. The van der Waals surface area contributed by atoms with E-state index in [1.165, 1.54) is 33.8 Å². The van der Waals surface area contributed by atoms with Crippen LogP contribution in [0.5, 0.6) is 5.75 Å². The molecule has 2 fully saturated rings. The van der Waals surface area contributed by atoms with Crippen molar-refractivity contribution in [2.75, 3.05) is 27.2 Å². The van der Waals surface area contributed by atoms with E-state index >= 15 is 0 Å². The number of carboxylic acids is 1. The van der Waals surface area contributed by atoms with Crippen LogP contribution >= 0.6 is 0 Å². The highest BCUT2D eigenvalue weighted by molar-refractivity contribution is 5.96. The molecule has 1 aliphatic heterocycles. The van der Waals surface area contributed by atoms with E-state index in [2.05, 4.69) is 21.1 Å². The average Bonchev–Trinajstić information content (AvgIpc) is 4.00. The molecule has 1 aromatic carbocycles. The van der Waals surface area contributed by atoms with Gasteiger partial charge in [0.15, 0.2) is 17.5 Å². The Bertz CT molecular complexity index is 2160. The van der Waals surface area contributed by atoms with Gasteiger partial charge in [0.05, 0.1) is 35.3 Å². The summed E-state index contributed by atoms with van der Waals surface area (Å²) < 4.78 is 18.9. The summed E-state index contributed by atoms with van der Waals surface area (Å²) in [5.74, 6) is -1.72. The van der Waals surface area contributed by atoms with E-state index in [1.54, 1.807) is 25.5 Å². The molecule has 4 N–H and O–H groups in total. The van der Waals surface area contributed by atoms with Crippen molar-refractivity contribution in [2.24, 2.45) is 5.92 Å². The summed E-state index contributed by atoms with van der Waals surface area (Å²) in [7, 11) is 3.01. The van der Waals surface area contributed by atoms with Crippen molar-refractivity contribution in [3.8, 4) is 23.1 Å². The lowest BCUT2D eigenvalue weighted by Crippen LogP contribution is -2.61. The molecule has 21 nitrogen and oxygen atoms in total. The Kier molecular flexibility index (Phi) is 12.3. The van der Waals surface area contributed by atoms with Crippen molar-refractivity contribution in [1.29, 1.82) is 5.26 Å². The van der Waals surface area contributed by atoms with Gasteiger partial charge in [0.2, 0.25) is 6.29 Å². The molecule has 2 amide bonds. The first kappa shape index (κ1) is 40.5. The minimum absolute atomic E-state index is 0.0292. The lowest BCUT2D eigenvalue weighted by Gasteiger charge is -2.38. The van der Waals surface area contributed by atoms with E-state index in [1.807, 2.05) is 10.9 Å². The van der Waals surface area contributed by atoms with Crippen LogP contribution in [0, 0.1) is 27.4 Å². The molecule has 2 aliphatic rings. The summed E-state index contributed by atoms with van der Waals surface area (Å²) in [6.07, 6.45) is 0.733. The summed E-state index contributed by atoms with van der Waals surface area (Å²) >= 11 is 0. The first-order valence-electron chi connectivity index (χ1n) is 18.0. The number of hydrogen-bond donors (Lipinski definition) is 4. The van der Waals surface area contributed by atoms with Crippen molar-refractivity contribution in [3.05, 3.63) is 64.9 Å². The highest BCUT2D eigenvalue weighted by Crippen LogP contribution is 2.37. The molecule has 3 aromatic heterocycles. The number of carbonyl (C=O) groups is 3. The quantitative estimate of drug-likeness (QED) is 0.112. The fourth-order valence-corrected chi connectivity index (χ4v) is 6.99. The van der Waals surface area contributed by atoms with Crippen molar-refractivity contribution in [3.63, 3.8) is 0 Å². The maximum Gasteiger partial charge on any atom is 0.409 e. The second kappa shape index (κ2) is 17.3. The molecule has 0 spiro atoms. The van der Waals surface area contributed by atoms with E-state index in [9.17, 15) is 50.2 Å². The molecule has 302 valence electrons. The van der Waals surface area contributed by atoms with Crippen LogP contribution in [-0.4, -0.2) is 135 Å². The van der Waals surface area contributed by atoms with Crippen molar-refractivity contribution >= 4 is 34.8 Å². The molecule has 1 saturated carbocycles. The number of aliphatic hydroxyl groups is 3. The molecule has 57 heavy (non-hydrogen) atoms. The minimum Gasteiger partial charge on any atom is -0.479 e. The zero-order valence-electron chi connectivity index (χ0n) is 30.9. The van der Waals surface area contributed by atoms with Crippen LogP contribution in [0.1, 0.15) is 43.7 Å². The molecule has 0 unspecified atom stereocenters. The van der Waals surface area contributed by atoms with E-state index in [-0.39, 0.29) is 24.7 Å². The fourth-order valence-electron chi connectivity index (χ4n) is 6.99. The number of aromatic nitrogens is 5. The summed E-state index contributed by atoms with van der Waals surface area (Å²) in [6, 6.07) is 7.05. The Labute approximate surface area is 324 Å². The lowest BCUT2D eigenvalue weighted by atomic mass is 9.96. The number of carboxylic acid groups (broad SMARTS) is 1. The lowest BCUT2D eigenvalue weighted by molar-refractivity contribution is -0.387. The maximum atomic E-state index is 13.5. The predicted molar refractivity (Wildman–Crippen MR) is 194 cm³/mol. The first-order valence-corrected chi connectivity index (χ1v) is 18.0. The van der Waals surface area contributed by atoms with Gasteiger partial charge < -0.3 is 44.4 Å². The largest absolute Gasteiger partial charge is 0.479 e. The molecule has 1 aliphatic carbocycles. The number of aliphatic carboxylic acids is 1. The fraction of sp³-hybridized carbons (Fsp3) is 0.472. The average molecular weight is 792 g/mol. The molecule has 1 saturated heterocycles. The predicted octanol–water partition coefficient (Wildman–Crippen LogP) is 2.29. The number of amides is 2. The van der Waals surface area contributed by atoms with Gasteiger partial charge in [-0.25, -0.2) is 24.4 Å². The van der Waals surface area contributed by atoms with Gasteiger partial charge in [0.1, 0.15) is 31.2 Å². The number of hydrogen-bond acceptors (Lipinski definition) is 15. The third-order valence-corrected chi connectivity index (χ3v) is 10.2. The molecule has 21 heteroatoms. The number of nitro groups is 1. The van der Waals surface area contributed by atoms with Gasteiger partial charge >= 0.3 is 23.8 Å². The first-order chi connectivity index (χ1) is 27.3. The Morgan fingerprint density at radius 2 is 1.82 bits per heavy atom. The van der Waals surface area contributed by atoms with E-state index < -0.39 is 71.8 Å². The number of nitriles is 1. The van der Waals surface area contributed by atoms with Crippen molar-refractivity contribution in [2.45, 2.75) is 75.5 Å². The topological polar surface area (TPSA) is 282 Å². The Morgan fingerprint density at radius 1 is 1.09 bits per heavy atom. The minimum atomic E-state index is -1.98. The highest BCUT2D eigenvalue weighted by atomic mass is 16.7. The number of nitrogens with zero attached hydrogens (tertiary/aromatic N) is 9. The smallest absolute Gasteiger partial charge is 0.409 e. The number of likely N-dealkylation sites (N-methyl/N-ethyl adjacent to an activating group) is 2. The summed E-state index contributed by atoms with van der Waals surface area (Å²) in [5.41, 5.74) is 1.22. The van der Waals surface area contributed by atoms with Crippen LogP contribution < -0.4 is 4.74 Å². The van der Waals surface area contributed by atoms with Crippen molar-refractivity contribution in [1.82, 2.24) is 34.1 Å². The van der Waals surface area contributed by atoms with E-state index in [0.29, 0.717) is 29.1 Å². The number of fused-ring (bicyclic) bond motifs is 1. The number of carbonyl (C=O) groups excluding carboxylic acids is 2. The number of ether oxygens (including phenoxy) is 3. The third kappa shape index (κ3) is 8.63. The summed E-state index contributed by atoms with van der Waals surface area (Å²) in [4.78, 5) is 60.2. The molecule has 6 atom stereocenters. The van der Waals surface area contributed by atoms with Crippen LogP contribution in [-0.2, 0) is 20.9 Å². The Balaban J connectivity index is 1.04. The normalized spacial score (nSPS) is 21.4. The van der Waals surface area contributed by atoms with Gasteiger partial charge in [-0.2, -0.15) is 10.4 Å². The summed E-state index contributed by atoms with van der Waals surface area (Å²) in [5, 5.41) is 65.9. The highest BCUT2D eigenvalue weighted by Gasteiger charge is 2.48. The molecule has 0 bridgehead atoms. The number of benzene rings is 1. The Morgan fingerprint density at radius 3 is 2.53 bits per heavy atom. The zero-order chi connectivity index (χ0) is 41.0. The maximum absolute atomic E-state index is 13.5. The van der Waals surface area contributed by atoms with Gasteiger partial charge in [-0.15, -0.1) is 0 Å². The van der Waals surface area contributed by atoms with Crippen LogP contribution in [0.15, 0.2) is 49.2 Å². The molecule has 0 radical (unpaired) electrons. The zero-order valence-corrected chi connectivity index (χ0v) is 30.9. The monoisotopic (exact) mass is 791 g/mol. The van der Waals surface area contributed by atoms with Gasteiger partial charge in [-0.05, 0) is 36.5 Å². The third-order valence-electron chi connectivity index (χ3n) is 10.2. The van der Waals surface area contributed by atoms with E-state index in [4.69, 9.17) is 14.2 Å². The van der Waals surface area contributed by atoms with Crippen LogP contribution in [0.2, 0.25) is 0 Å². The van der Waals surface area contributed by atoms with Gasteiger partial charge in [-0.1, -0.05) is 18.9 Å². The second-order valence-electron chi connectivity index (χ2n) is 13.9. The van der Waals surface area contributed by atoms with Gasteiger partial charge in [0, 0.05) is 56.6 Å². The van der Waals surface area contributed by atoms with Crippen LogP contribution in [0.4, 0.5) is 15.3 Å². The number of aliphatic hydroxyl groups excluding tert-OH is 3. The summed E-state index contributed by atoms with van der Waals surface area (Å²) in [6.45, 7) is -0.250. The molecular formula is C36H41N9O12. The Hall–Kier alpha value is -6.21.